The second-order valence-electron chi connectivity index (χ2n) is 4.18. The van der Waals surface area contributed by atoms with Gasteiger partial charge in [-0.3, -0.25) is 0 Å². The van der Waals surface area contributed by atoms with Crippen LogP contribution in [0.3, 0.4) is 0 Å². The van der Waals surface area contributed by atoms with Crippen molar-refractivity contribution in [3.63, 3.8) is 0 Å². The van der Waals surface area contributed by atoms with Gasteiger partial charge in [-0.25, -0.2) is 4.79 Å². The second kappa shape index (κ2) is 6.01. The van der Waals surface area contributed by atoms with Crippen LogP contribution in [0, 0.1) is 11.3 Å². The van der Waals surface area contributed by atoms with Crippen LogP contribution in [-0.2, 0) is 4.74 Å². The van der Waals surface area contributed by atoms with E-state index in [-0.39, 0.29) is 16.9 Å². The summed E-state index contributed by atoms with van der Waals surface area (Å²) in [6.07, 6.45) is 1.50. The maximum atomic E-state index is 12.0. The third-order valence-corrected chi connectivity index (χ3v) is 2.97. The molecule has 0 saturated heterocycles. The average molecular weight is 285 g/mol. The third-order valence-electron chi connectivity index (χ3n) is 2.97. The molecule has 2 N–H and O–H groups in total. The number of esters is 1. The number of methoxy groups -OCH3 is 1. The molecule has 108 valence electrons. The maximum Gasteiger partial charge on any atom is 0.357 e. The number of nitrogen functional groups attached to an aromatic ring is 1. The highest BCUT2D eigenvalue weighted by molar-refractivity contribution is 5.96. The van der Waals surface area contributed by atoms with E-state index in [9.17, 15) is 4.79 Å². The summed E-state index contributed by atoms with van der Waals surface area (Å²) >= 11 is 0. The highest BCUT2D eigenvalue weighted by Crippen LogP contribution is 2.29. The molecule has 21 heavy (non-hydrogen) atoms. The number of ether oxygens (including phenoxy) is 2. The van der Waals surface area contributed by atoms with Crippen LogP contribution >= 0.6 is 0 Å². The number of hydrogen-bond acceptors (Lipinski definition) is 5. The minimum absolute atomic E-state index is 0.0932. The summed E-state index contributed by atoms with van der Waals surface area (Å²) in [5, 5.41) is 9.10. The number of nitriles is 1. The molecule has 0 radical (unpaired) electrons. The Morgan fingerprint density at radius 3 is 2.76 bits per heavy atom. The van der Waals surface area contributed by atoms with Gasteiger partial charge in [0.05, 0.1) is 30.7 Å². The van der Waals surface area contributed by atoms with E-state index in [0.717, 1.165) is 0 Å². The van der Waals surface area contributed by atoms with E-state index in [1.807, 2.05) is 19.1 Å². The number of carbonyl (C=O) groups excluding carboxylic acids is 1. The molecule has 2 rings (SSSR count). The number of anilines is 1. The van der Waals surface area contributed by atoms with Crippen molar-refractivity contribution >= 4 is 11.7 Å². The molecule has 0 aliphatic heterocycles. The van der Waals surface area contributed by atoms with Gasteiger partial charge in [-0.2, -0.15) is 5.26 Å². The molecular formula is C15H15N3O3. The molecule has 0 amide bonds. The summed E-state index contributed by atoms with van der Waals surface area (Å²) < 4.78 is 11.8. The van der Waals surface area contributed by atoms with Gasteiger partial charge in [0, 0.05) is 6.20 Å². The molecule has 0 bridgehead atoms. The highest BCUT2D eigenvalue weighted by atomic mass is 16.5. The van der Waals surface area contributed by atoms with Gasteiger partial charge >= 0.3 is 5.97 Å². The van der Waals surface area contributed by atoms with E-state index in [1.54, 1.807) is 18.2 Å². The number of para-hydroxylation sites is 2. The first-order valence-corrected chi connectivity index (χ1v) is 6.35. The van der Waals surface area contributed by atoms with Crippen molar-refractivity contribution in [3.05, 3.63) is 41.7 Å². The average Bonchev–Trinajstić information content (AvgIpc) is 2.84. The molecular weight excluding hydrogens is 270 g/mol. The zero-order chi connectivity index (χ0) is 15.4. The van der Waals surface area contributed by atoms with Gasteiger partial charge in [0.2, 0.25) is 0 Å². The summed E-state index contributed by atoms with van der Waals surface area (Å²) in [5.41, 5.74) is 6.90. The van der Waals surface area contributed by atoms with E-state index >= 15 is 0 Å². The van der Waals surface area contributed by atoms with E-state index in [4.69, 9.17) is 20.5 Å². The predicted molar refractivity (Wildman–Crippen MR) is 77.4 cm³/mol. The Kier molecular flexibility index (Phi) is 4.14. The minimum atomic E-state index is -0.611. The molecule has 1 aromatic carbocycles. The molecule has 0 saturated carbocycles. The fourth-order valence-corrected chi connectivity index (χ4v) is 2.04. The smallest absolute Gasteiger partial charge is 0.357 e. The fraction of sp³-hybridized carbons (Fsp3) is 0.200. The van der Waals surface area contributed by atoms with Crippen molar-refractivity contribution in [2.24, 2.45) is 0 Å². The van der Waals surface area contributed by atoms with Gasteiger partial charge in [-0.05, 0) is 19.1 Å². The van der Waals surface area contributed by atoms with E-state index in [0.29, 0.717) is 18.0 Å². The number of hydrogen-bond donors (Lipinski definition) is 1. The first kappa shape index (κ1) is 14.5. The van der Waals surface area contributed by atoms with Crippen molar-refractivity contribution < 1.29 is 14.3 Å². The largest absolute Gasteiger partial charge is 0.492 e. The second-order valence-corrected chi connectivity index (χ2v) is 4.18. The topological polar surface area (TPSA) is 90.3 Å². The summed E-state index contributed by atoms with van der Waals surface area (Å²) in [4.78, 5) is 12.0. The van der Waals surface area contributed by atoms with Crippen LogP contribution in [0.5, 0.6) is 5.75 Å². The van der Waals surface area contributed by atoms with Crippen molar-refractivity contribution in [2.45, 2.75) is 6.92 Å². The van der Waals surface area contributed by atoms with Crippen molar-refractivity contribution in [2.75, 3.05) is 19.5 Å². The molecule has 0 spiro atoms. The van der Waals surface area contributed by atoms with E-state index < -0.39 is 5.97 Å². The summed E-state index contributed by atoms with van der Waals surface area (Å²) in [6, 6.07) is 9.15. The lowest BCUT2D eigenvalue weighted by Gasteiger charge is -2.13. The Morgan fingerprint density at radius 1 is 1.43 bits per heavy atom. The van der Waals surface area contributed by atoms with Crippen LogP contribution < -0.4 is 10.5 Å². The summed E-state index contributed by atoms with van der Waals surface area (Å²) in [6.45, 7) is 2.34. The number of benzene rings is 1. The quantitative estimate of drug-likeness (QED) is 0.869. The van der Waals surface area contributed by atoms with Crippen LogP contribution in [0.1, 0.15) is 23.0 Å². The molecule has 1 aromatic heterocycles. The lowest BCUT2D eigenvalue weighted by atomic mass is 10.2. The Hall–Kier alpha value is -2.94. The standard InChI is InChI=1S/C15H15N3O3/c1-3-21-12-7-5-4-6-11(12)18-9-10(8-16)13(17)14(18)15(19)20-2/h4-7,9H,3,17H2,1-2H3. The van der Waals surface area contributed by atoms with Gasteiger partial charge in [0.15, 0.2) is 5.69 Å². The van der Waals surface area contributed by atoms with Crippen LogP contribution in [0.2, 0.25) is 0 Å². The zero-order valence-electron chi connectivity index (χ0n) is 11.8. The van der Waals surface area contributed by atoms with Crippen LogP contribution in [0.4, 0.5) is 5.69 Å². The van der Waals surface area contributed by atoms with Crippen LogP contribution in [0.25, 0.3) is 5.69 Å². The Bertz CT molecular complexity index is 713. The molecule has 0 aliphatic carbocycles. The van der Waals surface area contributed by atoms with Gasteiger partial charge in [-0.1, -0.05) is 12.1 Å². The monoisotopic (exact) mass is 285 g/mol. The van der Waals surface area contributed by atoms with Gasteiger partial charge in [0.1, 0.15) is 11.8 Å². The third kappa shape index (κ3) is 2.54. The number of nitrogens with two attached hydrogens (primary N) is 1. The predicted octanol–water partition coefficient (Wildman–Crippen LogP) is 2.12. The van der Waals surface area contributed by atoms with Crippen molar-refractivity contribution in [3.8, 4) is 17.5 Å². The van der Waals surface area contributed by atoms with Gasteiger partial charge < -0.3 is 19.8 Å². The Balaban J connectivity index is 2.70. The number of aromatic nitrogens is 1. The minimum Gasteiger partial charge on any atom is -0.492 e. The molecule has 0 aliphatic rings. The Labute approximate surface area is 122 Å². The summed E-state index contributed by atoms with van der Waals surface area (Å²) in [7, 11) is 1.26. The lowest BCUT2D eigenvalue weighted by Crippen LogP contribution is -2.12. The van der Waals surface area contributed by atoms with E-state index in [2.05, 4.69) is 0 Å². The zero-order valence-corrected chi connectivity index (χ0v) is 11.8. The van der Waals surface area contributed by atoms with Gasteiger partial charge in [-0.15, -0.1) is 0 Å². The van der Waals surface area contributed by atoms with E-state index in [1.165, 1.54) is 17.9 Å². The summed E-state index contributed by atoms with van der Waals surface area (Å²) in [5.74, 6) is -0.0232. The fourth-order valence-electron chi connectivity index (χ4n) is 2.04. The number of carbonyl (C=O) groups is 1. The van der Waals surface area contributed by atoms with Crippen molar-refractivity contribution in [1.82, 2.24) is 4.57 Å². The molecule has 0 unspecified atom stereocenters. The highest BCUT2D eigenvalue weighted by Gasteiger charge is 2.23. The van der Waals surface area contributed by atoms with Crippen LogP contribution in [-0.4, -0.2) is 24.3 Å². The number of nitrogens with zero attached hydrogens (tertiary/aromatic N) is 2. The van der Waals surface area contributed by atoms with Crippen LogP contribution in [0.15, 0.2) is 30.5 Å². The van der Waals surface area contributed by atoms with Crippen molar-refractivity contribution in [1.29, 1.82) is 5.26 Å². The maximum absolute atomic E-state index is 12.0. The lowest BCUT2D eigenvalue weighted by molar-refractivity contribution is 0.0593. The normalized spacial score (nSPS) is 9.95. The van der Waals surface area contributed by atoms with Gasteiger partial charge in [0.25, 0.3) is 0 Å². The molecule has 0 atom stereocenters. The first-order chi connectivity index (χ1) is 10.1. The first-order valence-electron chi connectivity index (χ1n) is 6.35. The molecule has 2 aromatic rings. The molecule has 6 nitrogen and oxygen atoms in total. The SMILES string of the molecule is CCOc1ccccc1-n1cc(C#N)c(N)c1C(=O)OC. The molecule has 1 heterocycles. The molecule has 0 fully saturated rings. The number of rotatable bonds is 4. The molecule has 6 heteroatoms. The Morgan fingerprint density at radius 2 is 2.14 bits per heavy atom.